The number of hydrogen-bond acceptors (Lipinski definition) is 7. The smallest absolute Gasteiger partial charge is 0.322 e. The molecule has 142 valence electrons. The van der Waals surface area contributed by atoms with Crippen molar-refractivity contribution in [3.8, 4) is 5.75 Å². The van der Waals surface area contributed by atoms with Crippen molar-refractivity contribution in [1.82, 2.24) is 15.6 Å². The van der Waals surface area contributed by atoms with E-state index in [0.29, 0.717) is 11.3 Å². The van der Waals surface area contributed by atoms with Gasteiger partial charge >= 0.3 is 5.97 Å². The van der Waals surface area contributed by atoms with Crippen molar-refractivity contribution in [3.63, 3.8) is 0 Å². The highest BCUT2D eigenvalue weighted by Crippen LogP contribution is 2.17. The quantitative estimate of drug-likeness (QED) is 0.506. The Kier molecular flexibility index (Phi) is 6.83. The Morgan fingerprint density at radius 1 is 1.07 bits per heavy atom. The van der Waals surface area contributed by atoms with E-state index in [4.69, 9.17) is 9.84 Å². The second-order valence-electron chi connectivity index (χ2n) is 5.07. The summed E-state index contributed by atoms with van der Waals surface area (Å²) in [4.78, 5) is 49.8. The van der Waals surface area contributed by atoms with Crippen molar-refractivity contribution >= 4 is 40.2 Å². The first-order valence-electron chi connectivity index (χ1n) is 7.56. The topological polar surface area (TPSA) is 147 Å². The van der Waals surface area contributed by atoms with E-state index >= 15 is 0 Å². The lowest BCUT2D eigenvalue weighted by molar-refractivity contribution is -0.137. The zero-order chi connectivity index (χ0) is 19.8. The molecule has 0 aliphatic rings. The molecule has 0 spiro atoms. The number of anilines is 1. The standard InChI is InChI=1S/C16H16N4O6S/c1-26-10-4-2-9(3-5-10)14(24)20-16-19-11(8-27-16)15(25)18-6-12(21)17-7-13(22)23/h2-5,8H,6-7H2,1H3,(H,17,21)(H,18,25)(H,22,23)(H,19,20,24). The van der Waals surface area contributed by atoms with E-state index in [1.165, 1.54) is 12.5 Å². The number of carbonyl (C=O) groups excluding carboxylic acids is 3. The lowest BCUT2D eigenvalue weighted by atomic mass is 10.2. The zero-order valence-corrected chi connectivity index (χ0v) is 15.0. The fourth-order valence-electron chi connectivity index (χ4n) is 1.83. The van der Waals surface area contributed by atoms with E-state index in [0.717, 1.165) is 11.3 Å². The van der Waals surface area contributed by atoms with Crippen molar-refractivity contribution in [2.45, 2.75) is 0 Å². The van der Waals surface area contributed by atoms with E-state index in [9.17, 15) is 19.2 Å². The summed E-state index contributed by atoms with van der Waals surface area (Å²) < 4.78 is 5.02. The maximum absolute atomic E-state index is 12.1. The summed E-state index contributed by atoms with van der Waals surface area (Å²) in [6, 6.07) is 6.46. The molecule has 0 saturated carbocycles. The van der Waals surface area contributed by atoms with Crippen molar-refractivity contribution < 1.29 is 29.0 Å². The summed E-state index contributed by atoms with van der Waals surface area (Å²) in [5, 5.41) is 17.1. The molecule has 0 radical (unpaired) electrons. The third-order valence-electron chi connectivity index (χ3n) is 3.16. The number of ether oxygens (including phenoxy) is 1. The van der Waals surface area contributed by atoms with Crippen LogP contribution in [0.2, 0.25) is 0 Å². The number of thiazole rings is 1. The molecule has 1 aromatic heterocycles. The van der Waals surface area contributed by atoms with Crippen molar-refractivity contribution in [2.24, 2.45) is 0 Å². The number of amides is 3. The Balaban J connectivity index is 1.87. The molecule has 11 heteroatoms. The summed E-state index contributed by atoms with van der Waals surface area (Å²) in [7, 11) is 1.52. The van der Waals surface area contributed by atoms with E-state index in [1.807, 2.05) is 0 Å². The molecule has 0 aliphatic heterocycles. The molecule has 0 fully saturated rings. The van der Waals surface area contributed by atoms with Crippen LogP contribution in [0.4, 0.5) is 5.13 Å². The average Bonchev–Trinajstić information content (AvgIpc) is 3.13. The zero-order valence-electron chi connectivity index (χ0n) is 14.1. The first-order chi connectivity index (χ1) is 12.9. The lowest BCUT2D eigenvalue weighted by Gasteiger charge is -2.04. The van der Waals surface area contributed by atoms with Crippen LogP contribution in [-0.2, 0) is 9.59 Å². The van der Waals surface area contributed by atoms with Crippen LogP contribution in [0.1, 0.15) is 20.8 Å². The van der Waals surface area contributed by atoms with Crippen LogP contribution < -0.4 is 20.7 Å². The van der Waals surface area contributed by atoms with Gasteiger partial charge in [-0.2, -0.15) is 0 Å². The third-order valence-corrected chi connectivity index (χ3v) is 3.91. The van der Waals surface area contributed by atoms with Gasteiger partial charge in [-0.3, -0.25) is 24.5 Å². The fraction of sp³-hybridized carbons (Fsp3) is 0.188. The summed E-state index contributed by atoms with van der Waals surface area (Å²) in [6.07, 6.45) is 0. The molecular weight excluding hydrogens is 376 g/mol. The van der Waals surface area contributed by atoms with Gasteiger partial charge in [0.2, 0.25) is 5.91 Å². The predicted octanol–water partition coefficient (Wildman–Crippen LogP) is 0.335. The molecule has 0 bridgehead atoms. The Labute approximate surface area is 157 Å². The summed E-state index contributed by atoms with van der Waals surface area (Å²) >= 11 is 1.05. The van der Waals surface area contributed by atoms with Gasteiger partial charge in [0.25, 0.3) is 11.8 Å². The van der Waals surface area contributed by atoms with Gasteiger partial charge in [0, 0.05) is 10.9 Å². The highest BCUT2D eigenvalue weighted by atomic mass is 32.1. The Morgan fingerprint density at radius 2 is 1.78 bits per heavy atom. The summed E-state index contributed by atoms with van der Waals surface area (Å²) in [5.74, 6) is -2.23. The first kappa shape index (κ1) is 19.8. The van der Waals surface area contributed by atoms with Crippen molar-refractivity contribution in [3.05, 3.63) is 40.9 Å². The SMILES string of the molecule is COc1ccc(C(=O)Nc2nc(C(=O)NCC(=O)NCC(=O)O)cs2)cc1. The van der Waals surface area contributed by atoms with Crippen molar-refractivity contribution in [2.75, 3.05) is 25.5 Å². The van der Waals surface area contributed by atoms with Crippen LogP contribution >= 0.6 is 11.3 Å². The van der Waals surface area contributed by atoms with Crippen LogP contribution in [-0.4, -0.2) is 54.0 Å². The first-order valence-corrected chi connectivity index (χ1v) is 8.44. The molecule has 2 aromatic rings. The van der Waals surface area contributed by atoms with Gasteiger partial charge in [-0.1, -0.05) is 0 Å². The van der Waals surface area contributed by atoms with Crippen LogP contribution in [0.15, 0.2) is 29.6 Å². The minimum Gasteiger partial charge on any atom is -0.497 e. The second kappa shape index (κ2) is 9.29. The molecule has 2 rings (SSSR count). The Bertz CT molecular complexity index is 849. The molecule has 0 atom stereocenters. The minimum absolute atomic E-state index is 0.0241. The van der Waals surface area contributed by atoms with Crippen LogP contribution in [0.3, 0.4) is 0 Å². The van der Waals surface area contributed by atoms with E-state index in [2.05, 4.69) is 20.9 Å². The number of hydrogen-bond donors (Lipinski definition) is 4. The number of aromatic nitrogens is 1. The maximum atomic E-state index is 12.1. The normalized spacial score (nSPS) is 9.96. The number of methoxy groups -OCH3 is 1. The number of carboxylic acids is 1. The molecule has 0 saturated heterocycles. The highest BCUT2D eigenvalue weighted by Gasteiger charge is 2.14. The Morgan fingerprint density at radius 3 is 2.41 bits per heavy atom. The van der Waals surface area contributed by atoms with Crippen LogP contribution in [0, 0.1) is 0 Å². The molecule has 4 N–H and O–H groups in total. The monoisotopic (exact) mass is 392 g/mol. The van der Waals surface area contributed by atoms with Gasteiger partial charge < -0.3 is 20.5 Å². The predicted molar refractivity (Wildman–Crippen MR) is 96.0 cm³/mol. The number of rotatable bonds is 8. The molecule has 3 amide bonds. The molecule has 0 aliphatic carbocycles. The molecule has 27 heavy (non-hydrogen) atoms. The van der Waals surface area contributed by atoms with Crippen LogP contribution in [0.25, 0.3) is 0 Å². The molecular formula is C16H16N4O6S. The molecule has 0 unspecified atom stereocenters. The number of nitrogens with zero attached hydrogens (tertiary/aromatic N) is 1. The third kappa shape index (κ3) is 6.08. The van der Waals surface area contributed by atoms with Gasteiger partial charge in [0.05, 0.1) is 13.7 Å². The van der Waals surface area contributed by atoms with Gasteiger partial charge in [0.15, 0.2) is 5.13 Å². The van der Waals surface area contributed by atoms with E-state index in [-0.39, 0.29) is 10.8 Å². The average molecular weight is 392 g/mol. The Hall–Kier alpha value is -3.47. The number of carbonyl (C=O) groups is 4. The number of benzene rings is 1. The van der Waals surface area contributed by atoms with Gasteiger partial charge in [-0.05, 0) is 24.3 Å². The molecule has 1 heterocycles. The van der Waals surface area contributed by atoms with Crippen LogP contribution in [0.5, 0.6) is 5.75 Å². The summed E-state index contributed by atoms with van der Waals surface area (Å²) in [5.41, 5.74) is 0.420. The van der Waals surface area contributed by atoms with Crippen molar-refractivity contribution in [1.29, 1.82) is 0 Å². The fourth-order valence-corrected chi connectivity index (χ4v) is 2.52. The minimum atomic E-state index is -1.19. The largest absolute Gasteiger partial charge is 0.497 e. The number of carboxylic acid groups (broad SMARTS) is 1. The highest BCUT2D eigenvalue weighted by molar-refractivity contribution is 7.14. The van der Waals surface area contributed by atoms with Gasteiger partial charge in [0.1, 0.15) is 18.0 Å². The van der Waals surface area contributed by atoms with Gasteiger partial charge in [-0.25, -0.2) is 4.98 Å². The van der Waals surface area contributed by atoms with E-state index < -0.39 is 36.8 Å². The lowest BCUT2D eigenvalue weighted by Crippen LogP contribution is -2.39. The second-order valence-corrected chi connectivity index (χ2v) is 5.93. The maximum Gasteiger partial charge on any atom is 0.322 e. The number of aliphatic carboxylic acids is 1. The van der Waals surface area contributed by atoms with E-state index in [1.54, 1.807) is 24.3 Å². The van der Waals surface area contributed by atoms with Gasteiger partial charge in [-0.15, -0.1) is 11.3 Å². The summed E-state index contributed by atoms with van der Waals surface area (Å²) in [6.45, 7) is -0.926. The number of nitrogens with one attached hydrogen (secondary N) is 3. The molecule has 1 aromatic carbocycles. The molecule has 10 nitrogen and oxygen atoms in total.